The molecule has 388 valence electrons. The first kappa shape index (κ1) is 56.2. The fraction of sp³-hybridized carbons (Fsp3) is 0.455. The Hall–Kier alpha value is -3.57. The second kappa shape index (κ2) is 26.8. The molecule has 2 aliphatic heterocycles. The highest BCUT2D eigenvalue weighted by Gasteiger charge is 2.36. The van der Waals surface area contributed by atoms with Crippen LogP contribution in [0.4, 0.5) is 17.6 Å². The molecule has 72 heavy (non-hydrogen) atoms. The molecule has 2 N–H and O–H groups in total. The van der Waals surface area contributed by atoms with E-state index in [1.54, 1.807) is 50.2 Å². The Morgan fingerprint density at radius 3 is 1.58 bits per heavy atom. The highest BCUT2D eigenvalue weighted by atomic mass is 35.5. The van der Waals surface area contributed by atoms with Crippen molar-refractivity contribution in [3.05, 3.63) is 129 Å². The maximum absolute atomic E-state index is 15.6. The fourth-order valence-corrected chi connectivity index (χ4v) is 12.5. The molecular formula is C55H63Cl3F4N4O4S2. The molecule has 2 aromatic heterocycles. The number of aliphatic hydroxyl groups is 2. The summed E-state index contributed by atoms with van der Waals surface area (Å²) in [5, 5.41) is 23.2. The minimum Gasteiger partial charge on any atom is -0.497 e. The van der Waals surface area contributed by atoms with Crippen LogP contribution in [0.15, 0.2) is 101 Å². The number of aliphatic hydroxyl groups excluding tert-OH is 2. The maximum Gasteiger partial charge on any atom is 0.139 e. The van der Waals surface area contributed by atoms with Crippen molar-refractivity contribution in [2.45, 2.75) is 79.9 Å². The van der Waals surface area contributed by atoms with Gasteiger partial charge in [-0.25, -0.2) is 17.6 Å². The van der Waals surface area contributed by atoms with Crippen LogP contribution < -0.4 is 9.47 Å². The number of fused-ring (bicyclic) bond motifs is 2. The largest absolute Gasteiger partial charge is 0.497 e. The van der Waals surface area contributed by atoms with Crippen LogP contribution in [0.25, 0.3) is 21.8 Å². The lowest BCUT2D eigenvalue weighted by molar-refractivity contribution is 0.0304. The number of likely N-dealkylation sites (tertiary alicyclic amines) is 2. The Morgan fingerprint density at radius 1 is 0.625 bits per heavy atom. The number of thioether (sulfide) groups is 2. The van der Waals surface area contributed by atoms with Crippen LogP contribution in [-0.2, 0) is 0 Å². The van der Waals surface area contributed by atoms with E-state index in [1.165, 1.54) is 42.4 Å². The molecule has 8 nitrogen and oxygen atoms in total. The minimum absolute atomic E-state index is 0.00855. The number of alkyl halides is 2. The van der Waals surface area contributed by atoms with Crippen LogP contribution in [0.5, 0.6) is 11.5 Å². The Labute approximate surface area is 444 Å². The van der Waals surface area contributed by atoms with Crippen molar-refractivity contribution in [3.63, 3.8) is 0 Å². The van der Waals surface area contributed by atoms with Gasteiger partial charge in [0.05, 0.1) is 45.2 Å². The molecule has 0 bridgehead atoms. The Morgan fingerprint density at radius 2 is 1.11 bits per heavy atom. The second-order valence-electron chi connectivity index (χ2n) is 18.8. The van der Waals surface area contributed by atoms with E-state index < -0.39 is 24.0 Å². The number of benzene rings is 4. The molecule has 0 aliphatic carbocycles. The molecule has 0 saturated carbocycles. The maximum atomic E-state index is 15.6. The van der Waals surface area contributed by atoms with Crippen molar-refractivity contribution < 1.29 is 37.2 Å². The lowest BCUT2D eigenvalue weighted by Gasteiger charge is -2.41. The van der Waals surface area contributed by atoms with Crippen molar-refractivity contribution in [1.82, 2.24) is 19.8 Å². The molecule has 4 heterocycles. The lowest BCUT2D eigenvalue weighted by atomic mass is 9.74. The van der Waals surface area contributed by atoms with E-state index in [2.05, 4.69) is 19.8 Å². The predicted molar refractivity (Wildman–Crippen MR) is 287 cm³/mol. The van der Waals surface area contributed by atoms with Crippen molar-refractivity contribution in [3.8, 4) is 11.5 Å². The minimum atomic E-state index is -1.29. The van der Waals surface area contributed by atoms with Gasteiger partial charge in [-0.15, -0.1) is 23.5 Å². The first-order valence-corrected chi connectivity index (χ1v) is 27.5. The van der Waals surface area contributed by atoms with Gasteiger partial charge in [-0.1, -0.05) is 53.0 Å². The zero-order chi connectivity index (χ0) is 51.3. The number of nitrogens with zero attached hydrogens (tertiary/aromatic N) is 4. The van der Waals surface area contributed by atoms with Crippen LogP contribution >= 0.6 is 58.3 Å². The van der Waals surface area contributed by atoms with E-state index in [0.29, 0.717) is 74.5 Å². The number of aromatic nitrogens is 2. The van der Waals surface area contributed by atoms with Gasteiger partial charge < -0.3 is 29.5 Å². The summed E-state index contributed by atoms with van der Waals surface area (Å²) in [6.07, 6.45) is 6.22. The third kappa shape index (κ3) is 14.4. The molecule has 17 heteroatoms. The summed E-state index contributed by atoms with van der Waals surface area (Å²) in [6.45, 7) is 5.25. The van der Waals surface area contributed by atoms with Crippen molar-refractivity contribution in [2.75, 3.05) is 78.2 Å². The molecule has 8 rings (SSSR count). The van der Waals surface area contributed by atoms with Gasteiger partial charge in [0, 0.05) is 64.7 Å². The number of rotatable bonds is 21. The summed E-state index contributed by atoms with van der Waals surface area (Å²) in [7, 11) is 3.14. The van der Waals surface area contributed by atoms with E-state index in [0.717, 1.165) is 87.0 Å². The highest BCUT2D eigenvalue weighted by Crippen LogP contribution is 2.44. The van der Waals surface area contributed by atoms with E-state index in [9.17, 15) is 19.0 Å². The van der Waals surface area contributed by atoms with Crippen LogP contribution in [0.3, 0.4) is 0 Å². The Bertz CT molecular complexity index is 2690. The zero-order valence-corrected chi connectivity index (χ0v) is 44.6. The fourth-order valence-electron chi connectivity index (χ4n) is 9.79. The number of halogens is 7. The zero-order valence-electron chi connectivity index (χ0n) is 40.7. The van der Waals surface area contributed by atoms with Gasteiger partial charge in [0.25, 0.3) is 0 Å². The molecule has 2 fully saturated rings. The van der Waals surface area contributed by atoms with Crippen LogP contribution in [0.1, 0.15) is 81.3 Å². The highest BCUT2D eigenvalue weighted by molar-refractivity contribution is 7.99. The molecule has 0 amide bonds. The molecule has 2 aliphatic rings. The lowest BCUT2D eigenvalue weighted by Crippen LogP contribution is -2.42. The van der Waals surface area contributed by atoms with Gasteiger partial charge in [-0.3, -0.25) is 9.97 Å². The summed E-state index contributed by atoms with van der Waals surface area (Å²) in [4.78, 5) is 14.5. The quantitative estimate of drug-likeness (QED) is 0.0413. The average Bonchev–Trinajstić information content (AvgIpc) is 3.40. The van der Waals surface area contributed by atoms with Gasteiger partial charge in [-0.2, -0.15) is 0 Å². The van der Waals surface area contributed by atoms with Crippen molar-refractivity contribution >= 4 is 80.1 Å². The molecular weight excluding hydrogens is 1030 g/mol. The summed E-state index contributed by atoms with van der Waals surface area (Å²) in [6, 6.07) is 22.6. The molecule has 0 radical (unpaired) electrons. The summed E-state index contributed by atoms with van der Waals surface area (Å²) < 4.78 is 69.4. The standard InChI is InChI=1S/C28H32ClF3N2O2S.C27H31Cl2FN2O2S/c1-36-19-6-7-25-20(16-19)26(21(29)17-33-25)22(30)8-9-28(18-35)10-13-34(14-11-28)12-3-15-37-27-23(31)4-2-5-24(27)32;1-34-19-6-7-24-20(16-19)26(22(29)17-31-24)23(30)8-9-27(18-33)10-12-32(13-11-27)14-15-35-25-5-3-2-4-21(25)28/h2,4-7,16-17,22,35H,3,8-15,18H2,1H3;2-7,16-17,23,33H,8-15,18H2,1H3/t22-;23-/m11/s1. The number of piperidine rings is 2. The predicted octanol–water partition coefficient (Wildman–Crippen LogP) is 14.4. The van der Waals surface area contributed by atoms with Crippen molar-refractivity contribution in [1.29, 1.82) is 0 Å². The van der Waals surface area contributed by atoms with Crippen molar-refractivity contribution in [2.24, 2.45) is 10.8 Å². The monoisotopic (exact) mass is 1090 g/mol. The average molecular weight is 1090 g/mol. The third-order valence-corrected chi connectivity index (χ3v) is 17.7. The summed E-state index contributed by atoms with van der Waals surface area (Å²) in [5.41, 5.74) is 1.62. The molecule has 4 aromatic carbocycles. The van der Waals surface area contributed by atoms with Crippen LogP contribution in [-0.4, -0.2) is 108 Å². The van der Waals surface area contributed by atoms with Gasteiger partial charge in [-0.05, 0) is 168 Å². The second-order valence-corrected chi connectivity index (χ2v) is 22.3. The number of hydrogen-bond donors (Lipinski definition) is 2. The van der Waals surface area contributed by atoms with Gasteiger partial charge in [0.2, 0.25) is 0 Å². The Kier molecular flexibility index (Phi) is 20.9. The number of ether oxygens (including phenoxy) is 2. The number of pyridine rings is 2. The van der Waals surface area contributed by atoms with Gasteiger partial charge >= 0.3 is 0 Å². The SMILES string of the molecule is COc1ccc2ncc(Cl)c([C@H](F)CCC3(CO)CCN(CCCSc4c(F)cccc4F)CC3)c2c1.COc1ccc2ncc(Cl)c([C@H](F)CCC3(CO)CCN(CCSc4ccccc4Cl)CC3)c2c1. The molecule has 0 spiro atoms. The van der Waals surface area contributed by atoms with Crippen LogP contribution in [0.2, 0.25) is 15.1 Å². The first-order valence-electron chi connectivity index (χ1n) is 24.4. The Balaban J connectivity index is 0.000000212. The van der Waals surface area contributed by atoms with Crippen LogP contribution in [0, 0.1) is 22.5 Å². The summed E-state index contributed by atoms with van der Waals surface area (Å²) >= 11 is 22.0. The smallest absolute Gasteiger partial charge is 0.139 e. The molecule has 6 aromatic rings. The van der Waals surface area contributed by atoms with E-state index >= 15 is 8.78 Å². The topological polar surface area (TPSA) is 91.2 Å². The normalized spacial score (nSPS) is 16.8. The molecule has 2 atom stereocenters. The number of hydrogen-bond acceptors (Lipinski definition) is 10. The van der Waals surface area contributed by atoms with E-state index in [-0.39, 0.29) is 40.4 Å². The van der Waals surface area contributed by atoms with Gasteiger partial charge in [0.15, 0.2) is 0 Å². The summed E-state index contributed by atoms with van der Waals surface area (Å²) in [5.74, 6) is 1.78. The van der Waals surface area contributed by atoms with Gasteiger partial charge in [0.1, 0.15) is 35.5 Å². The molecule has 0 unspecified atom stereocenters. The third-order valence-electron chi connectivity index (χ3n) is 14.4. The first-order chi connectivity index (χ1) is 34.8. The number of methoxy groups -OCH3 is 2. The van der Waals surface area contributed by atoms with E-state index in [1.807, 2.05) is 36.4 Å². The van der Waals surface area contributed by atoms with E-state index in [4.69, 9.17) is 44.3 Å². The molecule has 2 saturated heterocycles.